The van der Waals surface area contributed by atoms with Gasteiger partial charge in [0.15, 0.2) is 0 Å². The number of hydrogen-bond donors (Lipinski definition) is 2. The van der Waals surface area contributed by atoms with Crippen molar-refractivity contribution in [1.82, 2.24) is 14.8 Å². The molecule has 1 aromatic carbocycles. The fraction of sp³-hybridized carbons (Fsp3) is 0.190. The van der Waals surface area contributed by atoms with Gasteiger partial charge in [-0.15, -0.1) is 0 Å². The second-order valence-corrected chi connectivity index (χ2v) is 6.70. The molecule has 0 unspecified atom stereocenters. The predicted octanol–water partition coefficient (Wildman–Crippen LogP) is 3.56. The van der Waals surface area contributed by atoms with E-state index < -0.39 is 5.82 Å². The number of nitrogens with one attached hydrogen (secondary N) is 1. The lowest BCUT2D eigenvalue weighted by Gasteiger charge is -2.05. The maximum Gasteiger partial charge on any atom is 0.248 e. The molecule has 7 heteroatoms. The van der Waals surface area contributed by atoms with Gasteiger partial charge in [0.25, 0.3) is 0 Å². The number of carbonyl (C=O) groups excluding carboxylic acids is 1. The molecule has 2 N–H and O–H groups in total. The topological polar surface area (TPSA) is 80.0 Å². The number of hydrogen-bond acceptors (Lipinski definition) is 4. The van der Waals surface area contributed by atoms with E-state index in [-0.39, 0.29) is 12.5 Å². The largest absolute Gasteiger partial charge is 0.392 e. The van der Waals surface area contributed by atoms with Gasteiger partial charge in [-0.25, -0.2) is 4.39 Å². The first kappa shape index (κ1) is 18.1. The van der Waals surface area contributed by atoms with E-state index in [0.29, 0.717) is 28.4 Å². The molecule has 1 aliphatic rings. The van der Waals surface area contributed by atoms with Crippen molar-refractivity contribution in [3.63, 3.8) is 0 Å². The molecule has 2 heterocycles. The molecular weight excluding hydrogens is 359 g/mol. The molecule has 4 rings (SSSR count). The SMILES string of the molecule is O=C(/C=C/c1cncc(F)c1-c1cnn(C2CC2)c1)Nc1ccc(CO)cc1. The Morgan fingerprint density at radius 3 is 2.75 bits per heavy atom. The summed E-state index contributed by atoms with van der Waals surface area (Å²) in [6, 6.07) is 7.27. The molecule has 1 amide bonds. The smallest absolute Gasteiger partial charge is 0.248 e. The Hall–Kier alpha value is -3.32. The first-order chi connectivity index (χ1) is 13.6. The van der Waals surface area contributed by atoms with E-state index in [4.69, 9.17) is 5.11 Å². The van der Waals surface area contributed by atoms with Crippen molar-refractivity contribution in [2.45, 2.75) is 25.5 Å². The number of carbonyl (C=O) groups is 1. The summed E-state index contributed by atoms with van der Waals surface area (Å²) in [7, 11) is 0. The summed E-state index contributed by atoms with van der Waals surface area (Å²) in [5.41, 5.74) is 2.90. The molecule has 0 atom stereocenters. The summed E-state index contributed by atoms with van der Waals surface area (Å²) >= 11 is 0. The first-order valence-corrected chi connectivity index (χ1v) is 9.01. The number of aliphatic hydroxyl groups excluding tert-OH is 1. The second kappa shape index (κ2) is 7.74. The summed E-state index contributed by atoms with van der Waals surface area (Å²) in [6.07, 6.45) is 11.2. The van der Waals surface area contributed by atoms with Gasteiger partial charge in [0, 0.05) is 40.8 Å². The van der Waals surface area contributed by atoms with Gasteiger partial charge in [-0.3, -0.25) is 14.5 Å². The lowest BCUT2D eigenvalue weighted by Crippen LogP contribution is -2.07. The molecule has 0 saturated heterocycles. The van der Waals surface area contributed by atoms with Crippen molar-refractivity contribution in [3.8, 4) is 11.1 Å². The molecule has 3 aromatic rings. The van der Waals surface area contributed by atoms with Gasteiger partial charge in [-0.05, 0) is 36.6 Å². The van der Waals surface area contributed by atoms with Crippen molar-refractivity contribution in [2.24, 2.45) is 0 Å². The van der Waals surface area contributed by atoms with Crippen LogP contribution in [0.4, 0.5) is 10.1 Å². The number of benzene rings is 1. The van der Waals surface area contributed by atoms with Crippen molar-refractivity contribution >= 4 is 17.7 Å². The molecule has 0 bridgehead atoms. The molecule has 1 saturated carbocycles. The standard InChI is InChI=1S/C21H19FN4O2/c22-19-11-23-9-15(21(19)16-10-24-26(12-16)18-6-7-18)3-8-20(28)25-17-4-1-14(13-27)2-5-17/h1-5,8-12,18,27H,6-7,13H2,(H,25,28)/b8-3+. The molecule has 1 fully saturated rings. The lowest BCUT2D eigenvalue weighted by atomic mass is 10.0. The van der Waals surface area contributed by atoms with Crippen LogP contribution < -0.4 is 5.32 Å². The molecule has 6 nitrogen and oxygen atoms in total. The van der Waals surface area contributed by atoms with Gasteiger partial charge in [0.05, 0.1) is 25.0 Å². The van der Waals surface area contributed by atoms with Gasteiger partial charge >= 0.3 is 0 Å². The Bertz CT molecular complexity index is 1020. The van der Waals surface area contributed by atoms with Gasteiger partial charge in [0.1, 0.15) is 5.82 Å². The number of anilines is 1. The van der Waals surface area contributed by atoms with Crippen LogP contribution in [-0.4, -0.2) is 25.8 Å². The Morgan fingerprint density at radius 2 is 2.04 bits per heavy atom. The van der Waals surface area contributed by atoms with Gasteiger partial charge in [0.2, 0.25) is 5.91 Å². The minimum absolute atomic E-state index is 0.0548. The first-order valence-electron chi connectivity index (χ1n) is 9.01. The van der Waals surface area contributed by atoms with Crippen molar-refractivity contribution in [3.05, 3.63) is 72.1 Å². The molecule has 0 spiro atoms. The summed E-state index contributed by atoms with van der Waals surface area (Å²) in [5, 5.41) is 16.1. The van der Waals surface area contributed by atoms with Crippen LogP contribution in [0.3, 0.4) is 0 Å². The third kappa shape index (κ3) is 3.99. The van der Waals surface area contributed by atoms with Crippen molar-refractivity contribution < 1.29 is 14.3 Å². The third-order valence-electron chi connectivity index (χ3n) is 4.56. The number of nitrogens with zero attached hydrogens (tertiary/aromatic N) is 3. The average molecular weight is 378 g/mol. The Balaban J connectivity index is 1.53. The zero-order chi connectivity index (χ0) is 19.5. The number of pyridine rings is 1. The van der Waals surface area contributed by atoms with Crippen LogP contribution in [0.1, 0.15) is 30.0 Å². The van der Waals surface area contributed by atoms with E-state index >= 15 is 0 Å². The van der Waals surface area contributed by atoms with E-state index in [1.807, 2.05) is 10.9 Å². The summed E-state index contributed by atoms with van der Waals surface area (Å²) in [4.78, 5) is 16.1. The van der Waals surface area contributed by atoms with Crippen LogP contribution in [0.15, 0.2) is 55.1 Å². The number of halogens is 1. The second-order valence-electron chi connectivity index (χ2n) is 6.70. The van der Waals surface area contributed by atoms with Crippen molar-refractivity contribution in [2.75, 3.05) is 5.32 Å². The van der Waals surface area contributed by atoms with Crippen LogP contribution in [0, 0.1) is 5.82 Å². The molecule has 2 aromatic heterocycles. The molecule has 28 heavy (non-hydrogen) atoms. The Labute approximate surface area is 161 Å². The van der Waals surface area contributed by atoms with Crippen LogP contribution in [0.25, 0.3) is 17.2 Å². The summed E-state index contributed by atoms with van der Waals surface area (Å²) < 4.78 is 16.3. The van der Waals surface area contributed by atoms with Gasteiger partial charge in [-0.1, -0.05) is 12.1 Å². The molecular formula is C21H19FN4O2. The minimum Gasteiger partial charge on any atom is -0.392 e. The highest BCUT2D eigenvalue weighted by atomic mass is 19.1. The fourth-order valence-corrected chi connectivity index (χ4v) is 2.93. The number of rotatable bonds is 6. The molecule has 1 aliphatic carbocycles. The number of aromatic nitrogens is 3. The normalized spacial score (nSPS) is 13.8. The monoisotopic (exact) mass is 378 g/mol. The number of aliphatic hydroxyl groups is 1. The zero-order valence-electron chi connectivity index (χ0n) is 15.0. The van der Waals surface area contributed by atoms with Crippen LogP contribution >= 0.6 is 0 Å². The predicted molar refractivity (Wildman–Crippen MR) is 104 cm³/mol. The third-order valence-corrected chi connectivity index (χ3v) is 4.56. The Morgan fingerprint density at radius 1 is 1.25 bits per heavy atom. The van der Waals surface area contributed by atoms with Gasteiger partial charge < -0.3 is 10.4 Å². The van der Waals surface area contributed by atoms with E-state index in [9.17, 15) is 9.18 Å². The van der Waals surface area contributed by atoms with Crippen LogP contribution in [-0.2, 0) is 11.4 Å². The summed E-state index contributed by atoms with van der Waals surface area (Å²) in [5.74, 6) is -0.807. The van der Waals surface area contributed by atoms with Crippen LogP contribution in [0.2, 0.25) is 0 Å². The zero-order valence-corrected chi connectivity index (χ0v) is 15.0. The highest BCUT2D eigenvalue weighted by Gasteiger charge is 2.25. The van der Waals surface area contributed by atoms with E-state index in [1.54, 1.807) is 30.5 Å². The molecule has 0 radical (unpaired) electrons. The van der Waals surface area contributed by atoms with Crippen molar-refractivity contribution in [1.29, 1.82) is 0 Å². The average Bonchev–Trinajstić information content (AvgIpc) is 3.45. The quantitative estimate of drug-likeness (QED) is 0.643. The van der Waals surface area contributed by atoms with E-state index in [1.165, 1.54) is 18.3 Å². The van der Waals surface area contributed by atoms with E-state index in [0.717, 1.165) is 24.6 Å². The van der Waals surface area contributed by atoms with Crippen LogP contribution in [0.5, 0.6) is 0 Å². The molecule has 142 valence electrons. The maximum atomic E-state index is 14.5. The highest BCUT2D eigenvalue weighted by molar-refractivity contribution is 6.02. The lowest BCUT2D eigenvalue weighted by molar-refractivity contribution is -0.111. The van der Waals surface area contributed by atoms with Gasteiger partial charge in [-0.2, -0.15) is 5.10 Å². The minimum atomic E-state index is -0.461. The molecule has 0 aliphatic heterocycles. The summed E-state index contributed by atoms with van der Waals surface area (Å²) in [6.45, 7) is -0.0548. The maximum absolute atomic E-state index is 14.5. The number of amides is 1. The van der Waals surface area contributed by atoms with E-state index in [2.05, 4.69) is 15.4 Å². The fourth-order valence-electron chi connectivity index (χ4n) is 2.93. The highest BCUT2D eigenvalue weighted by Crippen LogP contribution is 2.36. The Kier molecular flexibility index (Phi) is 4.99.